The zero-order valence-corrected chi connectivity index (χ0v) is 11.3. The third-order valence-corrected chi connectivity index (χ3v) is 3.66. The van der Waals surface area contributed by atoms with Gasteiger partial charge in [-0.05, 0) is 48.9 Å². The average Bonchev–Trinajstić information content (AvgIpc) is 2.81. The molecule has 17 heavy (non-hydrogen) atoms. The van der Waals surface area contributed by atoms with E-state index in [4.69, 9.17) is 0 Å². The molecule has 0 saturated heterocycles. The van der Waals surface area contributed by atoms with E-state index in [1.54, 1.807) is 5.56 Å². The minimum absolute atomic E-state index is 1.14. The third-order valence-electron chi connectivity index (χ3n) is 3.66. The molecule has 1 heteroatoms. The maximum absolute atomic E-state index is 3.37. The van der Waals surface area contributed by atoms with Crippen LogP contribution in [0.1, 0.15) is 49.8 Å². The lowest BCUT2D eigenvalue weighted by atomic mass is 9.94. The number of nitrogens with one attached hydrogen (secondary N) is 1. The molecule has 2 aromatic rings. The highest BCUT2D eigenvalue weighted by atomic mass is 14.7. The summed E-state index contributed by atoms with van der Waals surface area (Å²) < 4.78 is 0. The van der Waals surface area contributed by atoms with Gasteiger partial charge < -0.3 is 4.98 Å². The number of aromatic amines is 1. The molecule has 0 atom stereocenters. The summed E-state index contributed by atoms with van der Waals surface area (Å²) >= 11 is 0. The van der Waals surface area contributed by atoms with Gasteiger partial charge >= 0.3 is 0 Å². The number of benzene rings is 1. The maximum Gasteiger partial charge on any atom is 0.0486 e. The molecule has 0 aliphatic carbocycles. The lowest BCUT2D eigenvalue weighted by Crippen LogP contribution is -1.96. The van der Waals surface area contributed by atoms with Gasteiger partial charge in [-0.25, -0.2) is 0 Å². The van der Waals surface area contributed by atoms with E-state index < -0.39 is 0 Å². The van der Waals surface area contributed by atoms with E-state index in [2.05, 4.69) is 44.1 Å². The summed E-state index contributed by atoms with van der Waals surface area (Å²) in [5, 5.41) is 1.44. The van der Waals surface area contributed by atoms with Gasteiger partial charge in [-0.3, -0.25) is 0 Å². The smallest absolute Gasteiger partial charge is 0.0486 e. The Bertz CT molecular complexity index is 493. The molecule has 92 valence electrons. The fourth-order valence-electron chi connectivity index (χ4n) is 2.70. The third kappa shape index (κ3) is 2.38. The molecule has 0 bridgehead atoms. The van der Waals surface area contributed by atoms with Crippen molar-refractivity contribution in [1.82, 2.24) is 4.98 Å². The molecule has 1 nitrogen and oxygen atoms in total. The fourth-order valence-corrected chi connectivity index (χ4v) is 2.70. The van der Waals surface area contributed by atoms with E-state index in [0.29, 0.717) is 0 Å². The van der Waals surface area contributed by atoms with Gasteiger partial charge in [0.2, 0.25) is 0 Å². The van der Waals surface area contributed by atoms with Gasteiger partial charge in [0.15, 0.2) is 0 Å². The largest absolute Gasteiger partial charge is 0.361 e. The predicted molar refractivity (Wildman–Crippen MR) is 75.6 cm³/mol. The first-order valence-corrected chi connectivity index (χ1v) is 6.86. The molecule has 1 heterocycles. The molecule has 1 aromatic carbocycles. The highest BCUT2D eigenvalue weighted by Gasteiger charge is 2.09. The van der Waals surface area contributed by atoms with Crippen molar-refractivity contribution in [2.24, 2.45) is 0 Å². The maximum atomic E-state index is 3.37. The number of aryl methyl sites for hydroxylation is 3. The van der Waals surface area contributed by atoms with Gasteiger partial charge in [0.1, 0.15) is 0 Å². The van der Waals surface area contributed by atoms with Crippen LogP contribution in [0.4, 0.5) is 0 Å². The number of hydrogen-bond acceptors (Lipinski definition) is 0. The number of hydrogen-bond donors (Lipinski definition) is 1. The van der Waals surface area contributed by atoms with Gasteiger partial charge in [-0.15, -0.1) is 0 Å². The van der Waals surface area contributed by atoms with E-state index in [0.717, 1.165) is 6.42 Å². The first-order chi connectivity index (χ1) is 8.27. The van der Waals surface area contributed by atoms with Gasteiger partial charge in [0.05, 0.1) is 0 Å². The van der Waals surface area contributed by atoms with Crippen LogP contribution in [0, 0.1) is 6.92 Å². The van der Waals surface area contributed by atoms with Crippen molar-refractivity contribution in [2.75, 3.05) is 0 Å². The standard InChI is InChI=1S/C16H23N/c1-4-6-7-8-14-13(5-2)11-12(3)16-15(14)9-10-17-16/h9-11,17H,4-8H2,1-3H3. The number of fused-ring (bicyclic) bond motifs is 1. The van der Waals surface area contributed by atoms with Crippen LogP contribution < -0.4 is 0 Å². The molecule has 1 aromatic heterocycles. The summed E-state index contributed by atoms with van der Waals surface area (Å²) in [4.78, 5) is 3.37. The van der Waals surface area contributed by atoms with Crippen LogP contribution >= 0.6 is 0 Å². The lowest BCUT2D eigenvalue weighted by Gasteiger charge is -2.11. The van der Waals surface area contributed by atoms with Crippen LogP contribution in [0.2, 0.25) is 0 Å². The summed E-state index contributed by atoms with van der Waals surface area (Å²) in [6.45, 7) is 6.73. The molecule has 0 unspecified atom stereocenters. The van der Waals surface area contributed by atoms with Crippen molar-refractivity contribution in [3.05, 3.63) is 35.0 Å². The fraction of sp³-hybridized carbons (Fsp3) is 0.500. The molecule has 0 saturated carbocycles. The van der Waals surface area contributed by atoms with E-state index >= 15 is 0 Å². The molecule has 0 radical (unpaired) electrons. The average molecular weight is 229 g/mol. The van der Waals surface area contributed by atoms with Crippen molar-refractivity contribution < 1.29 is 0 Å². The van der Waals surface area contributed by atoms with E-state index in [9.17, 15) is 0 Å². The summed E-state index contributed by atoms with van der Waals surface area (Å²) in [5.74, 6) is 0. The Labute approximate surface area is 104 Å². The molecule has 0 aliphatic heterocycles. The Morgan fingerprint density at radius 1 is 1.18 bits per heavy atom. The van der Waals surface area contributed by atoms with Crippen molar-refractivity contribution in [2.45, 2.75) is 52.9 Å². The zero-order valence-electron chi connectivity index (χ0n) is 11.3. The number of aromatic nitrogens is 1. The number of H-pyrrole nitrogens is 1. The van der Waals surface area contributed by atoms with Crippen LogP contribution in [0.25, 0.3) is 10.9 Å². The Morgan fingerprint density at radius 2 is 2.00 bits per heavy atom. The Hall–Kier alpha value is -1.24. The molecule has 0 fully saturated rings. The van der Waals surface area contributed by atoms with E-state index in [-0.39, 0.29) is 0 Å². The molecular formula is C16H23N. The van der Waals surface area contributed by atoms with Crippen LogP contribution in [-0.2, 0) is 12.8 Å². The summed E-state index contributed by atoms with van der Waals surface area (Å²) in [5.41, 5.74) is 5.81. The van der Waals surface area contributed by atoms with Crippen LogP contribution in [0.3, 0.4) is 0 Å². The Kier molecular flexibility index (Phi) is 3.88. The minimum atomic E-state index is 1.14. The normalized spacial score (nSPS) is 11.2. The monoisotopic (exact) mass is 229 g/mol. The second kappa shape index (κ2) is 5.39. The highest BCUT2D eigenvalue weighted by molar-refractivity contribution is 5.87. The minimum Gasteiger partial charge on any atom is -0.361 e. The SMILES string of the molecule is CCCCCc1c(CC)cc(C)c2[nH]ccc12. The van der Waals surface area contributed by atoms with E-state index in [1.807, 2.05) is 0 Å². The number of unbranched alkanes of at least 4 members (excludes halogenated alkanes) is 2. The topological polar surface area (TPSA) is 15.8 Å². The molecule has 0 aliphatic rings. The molecule has 0 amide bonds. The van der Waals surface area contributed by atoms with Crippen molar-refractivity contribution in [3.8, 4) is 0 Å². The highest BCUT2D eigenvalue weighted by Crippen LogP contribution is 2.27. The molecular weight excluding hydrogens is 206 g/mol. The summed E-state index contributed by atoms with van der Waals surface area (Å²) in [6.07, 6.45) is 8.38. The Morgan fingerprint density at radius 3 is 2.71 bits per heavy atom. The van der Waals surface area contributed by atoms with Gasteiger partial charge in [-0.2, -0.15) is 0 Å². The second-order valence-corrected chi connectivity index (χ2v) is 4.91. The van der Waals surface area contributed by atoms with Gasteiger partial charge in [0.25, 0.3) is 0 Å². The van der Waals surface area contributed by atoms with Crippen molar-refractivity contribution in [1.29, 1.82) is 0 Å². The predicted octanol–water partition coefficient (Wildman–Crippen LogP) is 4.77. The summed E-state index contributed by atoms with van der Waals surface area (Å²) in [6, 6.07) is 4.60. The van der Waals surface area contributed by atoms with Crippen molar-refractivity contribution in [3.63, 3.8) is 0 Å². The summed E-state index contributed by atoms with van der Waals surface area (Å²) in [7, 11) is 0. The zero-order chi connectivity index (χ0) is 12.3. The first kappa shape index (κ1) is 12.2. The van der Waals surface area contributed by atoms with Gasteiger partial charge in [-0.1, -0.05) is 32.8 Å². The quantitative estimate of drug-likeness (QED) is 0.711. The molecule has 1 N–H and O–H groups in total. The van der Waals surface area contributed by atoms with Crippen molar-refractivity contribution >= 4 is 10.9 Å². The van der Waals surface area contributed by atoms with Crippen LogP contribution in [0.5, 0.6) is 0 Å². The van der Waals surface area contributed by atoms with Gasteiger partial charge in [0, 0.05) is 17.1 Å². The van der Waals surface area contributed by atoms with E-state index in [1.165, 1.54) is 47.7 Å². The first-order valence-electron chi connectivity index (χ1n) is 6.86. The second-order valence-electron chi connectivity index (χ2n) is 4.91. The lowest BCUT2D eigenvalue weighted by molar-refractivity contribution is 0.716. The molecule has 2 rings (SSSR count). The molecule has 0 spiro atoms. The van der Waals surface area contributed by atoms with Crippen LogP contribution in [0.15, 0.2) is 18.3 Å². The van der Waals surface area contributed by atoms with Crippen LogP contribution in [-0.4, -0.2) is 4.98 Å². The number of rotatable bonds is 5. The Balaban J connectivity index is 2.42.